The third kappa shape index (κ3) is 3.96. The predicted octanol–water partition coefficient (Wildman–Crippen LogP) is 0.927. The molecule has 1 aliphatic rings. The van der Waals surface area contributed by atoms with E-state index in [0.717, 1.165) is 26.2 Å². The van der Waals surface area contributed by atoms with Crippen LogP contribution in [-0.4, -0.2) is 61.0 Å². The van der Waals surface area contributed by atoms with Crippen LogP contribution < -0.4 is 5.32 Å². The van der Waals surface area contributed by atoms with Gasteiger partial charge in [0.1, 0.15) is 0 Å². The minimum atomic E-state index is -0.0164. The first-order valence-electron chi connectivity index (χ1n) is 6.82. The van der Waals surface area contributed by atoms with Crippen LogP contribution in [0.2, 0.25) is 0 Å². The second kappa shape index (κ2) is 6.97. The average Bonchev–Trinajstić information content (AvgIpc) is 2.82. The normalized spacial score (nSPS) is 21.8. The minimum Gasteiger partial charge on any atom is -0.342 e. The van der Waals surface area contributed by atoms with E-state index in [-0.39, 0.29) is 11.9 Å². The summed E-state index contributed by atoms with van der Waals surface area (Å²) in [6.07, 6.45) is 2.49. The fraction of sp³-hybridized carbons (Fsp3) is 0.923. The van der Waals surface area contributed by atoms with E-state index in [4.69, 9.17) is 0 Å². The van der Waals surface area contributed by atoms with Gasteiger partial charge in [0.2, 0.25) is 5.91 Å². The number of likely N-dealkylation sites (N-methyl/N-ethyl adjacent to an activating group) is 2. The van der Waals surface area contributed by atoms with E-state index in [1.54, 1.807) is 0 Å². The summed E-state index contributed by atoms with van der Waals surface area (Å²) >= 11 is 0. The highest BCUT2D eigenvalue weighted by atomic mass is 16.2. The standard InChI is InChI=1S/C13H27N3O/c1-5-16(6-2)13(17)11(3)15(4)10-12-8-7-9-14-12/h11-12,14H,5-10H2,1-4H3. The summed E-state index contributed by atoms with van der Waals surface area (Å²) < 4.78 is 0. The third-order valence-corrected chi connectivity index (χ3v) is 3.76. The Bertz CT molecular complexity index is 235. The van der Waals surface area contributed by atoms with E-state index >= 15 is 0 Å². The van der Waals surface area contributed by atoms with Crippen molar-refractivity contribution >= 4 is 5.91 Å². The molecule has 2 atom stereocenters. The first-order valence-corrected chi connectivity index (χ1v) is 6.82. The Morgan fingerprint density at radius 2 is 2.06 bits per heavy atom. The first-order chi connectivity index (χ1) is 8.10. The maximum atomic E-state index is 12.2. The second-order valence-corrected chi connectivity index (χ2v) is 4.92. The molecule has 4 heteroatoms. The molecule has 0 aliphatic carbocycles. The number of nitrogens with one attached hydrogen (secondary N) is 1. The number of rotatable bonds is 6. The quantitative estimate of drug-likeness (QED) is 0.751. The van der Waals surface area contributed by atoms with Crippen LogP contribution in [-0.2, 0) is 4.79 Å². The van der Waals surface area contributed by atoms with E-state index in [2.05, 4.69) is 10.2 Å². The van der Waals surface area contributed by atoms with Crippen LogP contribution >= 0.6 is 0 Å². The smallest absolute Gasteiger partial charge is 0.239 e. The van der Waals surface area contributed by atoms with Crippen molar-refractivity contribution < 1.29 is 4.79 Å². The van der Waals surface area contributed by atoms with E-state index < -0.39 is 0 Å². The third-order valence-electron chi connectivity index (χ3n) is 3.76. The van der Waals surface area contributed by atoms with Crippen LogP contribution in [0.4, 0.5) is 0 Å². The molecular formula is C13H27N3O. The van der Waals surface area contributed by atoms with E-state index in [1.165, 1.54) is 12.8 Å². The van der Waals surface area contributed by atoms with Crippen molar-refractivity contribution in [1.82, 2.24) is 15.1 Å². The van der Waals surface area contributed by atoms with Crippen molar-refractivity contribution in [1.29, 1.82) is 0 Å². The molecule has 1 rings (SSSR count). The SMILES string of the molecule is CCN(CC)C(=O)C(C)N(C)CC1CCCN1. The van der Waals surface area contributed by atoms with Crippen LogP contribution in [0.3, 0.4) is 0 Å². The average molecular weight is 241 g/mol. The highest BCUT2D eigenvalue weighted by Gasteiger charge is 2.24. The summed E-state index contributed by atoms with van der Waals surface area (Å²) in [6.45, 7) is 9.77. The van der Waals surface area contributed by atoms with Gasteiger partial charge in [0, 0.05) is 25.7 Å². The molecule has 1 fully saturated rings. The maximum Gasteiger partial charge on any atom is 0.239 e. The Labute approximate surface area is 105 Å². The minimum absolute atomic E-state index is 0.0164. The van der Waals surface area contributed by atoms with Gasteiger partial charge in [-0.1, -0.05) is 0 Å². The molecule has 2 unspecified atom stereocenters. The lowest BCUT2D eigenvalue weighted by Crippen LogP contribution is -2.48. The summed E-state index contributed by atoms with van der Waals surface area (Å²) in [5, 5.41) is 3.47. The summed E-state index contributed by atoms with van der Waals surface area (Å²) in [5.41, 5.74) is 0. The zero-order chi connectivity index (χ0) is 12.8. The van der Waals surface area contributed by atoms with Crippen molar-refractivity contribution in [2.75, 3.05) is 33.2 Å². The first kappa shape index (κ1) is 14.5. The van der Waals surface area contributed by atoms with Gasteiger partial charge in [-0.05, 0) is 47.2 Å². The molecule has 17 heavy (non-hydrogen) atoms. The molecule has 0 aromatic carbocycles. The molecule has 1 aliphatic heterocycles. The molecule has 0 bridgehead atoms. The van der Waals surface area contributed by atoms with Crippen LogP contribution in [0.1, 0.15) is 33.6 Å². The van der Waals surface area contributed by atoms with Crippen LogP contribution in [0.25, 0.3) is 0 Å². The van der Waals surface area contributed by atoms with Gasteiger partial charge in [0.25, 0.3) is 0 Å². The molecule has 0 saturated carbocycles. The molecule has 0 radical (unpaired) electrons. The molecular weight excluding hydrogens is 214 g/mol. The lowest BCUT2D eigenvalue weighted by atomic mass is 10.2. The molecule has 1 N–H and O–H groups in total. The number of carbonyl (C=O) groups excluding carboxylic acids is 1. The van der Waals surface area contributed by atoms with Crippen LogP contribution in [0, 0.1) is 0 Å². The number of hydrogen-bond acceptors (Lipinski definition) is 3. The van der Waals surface area contributed by atoms with Gasteiger partial charge in [-0.15, -0.1) is 0 Å². The number of carbonyl (C=O) groups is 1. The molecule has 0 aromatic rings. The number of amides is 1. The fourth-order valence-electron chi connectivity index (χ4n) is 2.41. The largest absolute Gasteiger partial charge is 0.342 e. The Morgan fingerprint density at radius 3 is 2.53 bits per heavy atom. The van der Waals surface area contributed by atoms with Gasteiger partial charge in [-0.3, -0.25) is 9.69 Å². The lowest BCUT2D eigenvalue weighted by molar-refractivity contribution is -0.135. The zero-order valence-corrected chi connectivity index (χ0v) is 11.7. The molecule has 0 spiro atoms. The Hall–Kier alpha value is -0.610. The molecule has 1 saturated heterocycles. The van der Waals surface area contributed by atoms with E-state index in [1.807, 2.05) is 32.7 Å². The van der Waals surface area contributed by atoms with Gasteiger partial charge < -0.3 is 10.2 Å². The zero-order valence-electron chi connectivity index (χ0n) is 11.7. The van der Waals surface area contributed by atoms with Gasteiger partial charge in [0.05, 0.1) is 6.04 Å². The summed E-state index contributed by atoms with van der Waals surface area (Å²) in [5.74, 6) is 0.246. The van der Waals surface area contributed by atoms with Gasteiger partial charge in [0.15, 0.2) is 0 Å². The fourth-order valence-corrected chi connectivity index (χ4v) is 2.41. The van der Waals surface area contributed by atoms with Crippen molar-refractivity contribution in [2.45, 2.75) is 45.7 Å². The molecule has 4 nitrogen and oxygen atoms in total. The topological polar surface area (TPSA) is 35.6 Å². The van der Waals surface area contributed by atoms with Crippen LogP contribution in [0.5, 0.6) is 0 Å². The van der Waals surface area contributed by atoms with Crippen LogP contribution in [0.15, 0.2) is 0 Å². The maximum absolute atomic E-state index is 12.2. The van der Waals surface area contributed by atoms with E-state index in [9.17, 15) is 4.79 Å². The number of hydrogen-bond donors (Lipinski definition) is 1. The van der Waals surface area contributed by atoms with Gasteiger partial charge in [-0.2, -0.15) is 0 Å². The Kier molecular flexibility index (Phi) is 5.92. The van der Waals surface area contributed by atoms with Crippen molar-refractivity contribution in [2.24, 2.45) is 0 Å². The van der Waals surface area contributed by atoms with E-state index in [0.29, 0.717) is 6.04 Å². The molecule has 1 amide bonds. The molecule has 1 heterocycles. The Morgan fingerprint density at radius 1 is 1.41 bits per heavy atom. The second-order valence-electron chi connectivity index (χ2n) is 4.92. The monoisotopic (exact) mass is 241 g/mol. The molecule has 100 valence electrons. The highest BCUT2D eigenvalue weighted by molar-refractivity contribution is 5.81. The van der Waals surface area contributed by atoms with Gasteiger partial charge in [-0.25, -0.2) is 0 Å². The van der Waals surface area contributed by atoms with Crippen molar-refractivity contribution in [3.05, 3.63) is 0 Å². The van der Waals surface area contributed by atoms with Gasteiger partial charge >= 0.3 is 0 Å². The summed E-state index contributed by atoms with van der Waals surface area (Å²) in [6, 6.07) is 0.546. The summed E-state index contributed by atoms with van der Waals surface area (Å²) in [7, 11) is 2.05. The predicted molar refractivity (Wildman–Crippen MR) is 71.0 cm³/mol. The molecule has 0 aromatic heterocycles. The Balaban J connectivity index is 2.43. The highest BCUT2D eigenvalue weighted by Crippen LogP contribution is 2.09. The van der Waals surface area contributed by atoms with Crippen molar-refractivity contribution in [3.8, 4) is 0 Å². The lowest BCUT2D eigenvalue weighted by Gasteiger charge is -2.30. The summed E-state index contributed by atoms with van der Waals surface area (Å²) in [4.78, 5) is 16.3. The number of nitrogens with zero attached hydrogens (tertiary/aromatic N) is 2. The van der Waals surface area contributed by atoms with Crippen molar-refractivity contribution in [3.63, 3.8) is 0 Å².